The lowest BCUT2D eigenvalue weighted by Gasteiger charge is -2.21. The van der Waals surface area contributed by atoms with Crippen molar-refractivity contribution in [3.63, 3.8) is 0 Å². The van der Waals surface area contributed by atoms with Crippen molar-refractivity contribution in [3.05, 3.63) is 0 Å². The molecule has 0 aromatic carbocycles. The molecule has 2 nitrogen and oxygen atoms in total. The minimum absolute atomic E-state index is 0.113. The molecule has 0 radical (unpaired) electrons. The van der Waals surface area contributed by atoms with Crippen LogP contribution in [0.2, 0.25) is 0 Å². The van der Waals surface area contributed by atoms with Gasteiger partial charge in [-0.3, -0.25) is 0 Å². The van der Waals surface area contributed by atoms with Crippen LogP contribution in [0.15, 0.2) is 0 Å². The number of rotatable bonds is 2. The molecule has 1 aliphatic rings. The molecule has 1 rings (SSSR count). The van der Waals surface area contributed by atoms with Crippen molar-refractivity contribution in [2.75, 3.05) is 6.61 Å². The molecule has 1 aliphatic carbocycles. The Bertz CT molecular complexity index is 111. The number of hydrogen-bond acceptors (Lipinski definition) is 2. The molecule has 1 fully saturated rings. The molecule has 0 saturated heterocycles. The third-order valence-corrected chi connectivity index (χ3v) is 2.30. The van der Waals surface area contributed by atoms with E-state index >= 15 is 0 Å². The Morgan fingerprint density at radius 2 is 2.22 bits per heavy atom. The summed E-state index contributed by atoms with van der Waals surface area (Å²) in [6.45, 7) is 4.20. The Labute approximate surface area is 56.1 Å². The summed E-state index contributed by atoms with van der Waals surface area (Å²) in [5, 5.41) is 8.80. The van der Waals surface area contributed by atoms with E-state index in [1.807, 2.05) is 6.92 Å². The van der Waals surface area contributed by atoms with Crippen molar-refractivity contribution in [2.45, 2.75) is 25.8 Å². The molecule has 54 valence electrons. The summed E-state index contributed by atoms with van der Waals surface area (Å²) < 4.78 is 0. The van der Waals surface area contributed by atoms with Gasteiger partial charge in [0.05, 0.1) is 6.61 Å². The summed E-state index contributed by atoms with van der Waals surface area (Å²) in [4.78, 5) is 0. The molecule has 3 atom stereocenters. The van der Waals surface area contributed by atoms with Gasteiger partial charge in [0.1, 0.15) is 0 Å². The zero-order chi connectivity index (χ0) is 7.07. The van der Waals surface area contributed by atoms with E-state index in [0.29, 0.717) is 5.92 Å². The summed E-state index contributed by atoms with van der Waals surface area (Å²) in [6, 6.07) is 0. The van der Waals surface area contributed by atoms with Gasteiger partial charge in [-0.05, 0) is 25.2 Å². The average molecular weight is 129 g/mol. The van der Waals surface area contributed by atoms with E-state index in [1.54, 1.807) is 0 Å². The Balaban J connectivity index is 2.41. The first-order chi connectivity index (χ1) is 4.08. The topological polar surface area (TPSA) is 46.2 Å². The van der Waals surface area contributed by atoms with Gasteiger partial charge in [0.25, 0.3) is 0 Å². The standard InChI is InChI=1S/C7H15NO/c1-5-3-6(5)7(2,8)4-9/h5-6,9H,3-4,8H2,1-2H3. The number of aliphatic hydroxyl groups excluding tert-OH is 1. The SMILES string of the molecule is CC1CC1C(C)(N)CO. The van der Waals surface area contributed by atoms with Crippen molar-refractivity contribution < 1.29 is 5.11 Å². The lowest BCUT2D eigenvalue weighted by Crippen LogP contribution is -2.43. The molecule has 9 heavy (non-hydrogen) atoms. The maximum atomic E-state index is 8.80. The van der Waals surface area contributed by atoms with Gasteiger partial charge >= 0.3 is 0 Å². The lowest BCUT2D eigenvalue weighted by atomic mass is 9.97. The summed E-state index contributed by atoms with van der Waals surface area (Å²) in [5.41, 5.74) is 5.44. The normalized spacial score (nSPS) is 40.0. The van der Waals surface area contributed by atoms with Gasteiger partial charge in [0.15, 0.2) is 0 Å². The van der Waals surface area contributed by atoms with Crippen LogP contribution < -0.4 is 5.73 Å². The second-order valence-electron chi connectivity index (χ2n) is 3.48. The van der Waals surface area contributed by atoms with E-state index < -0.39 is 0 Å². The molecule has 0 spiro atoms. The van der Waals surface area contributed by atoms with E-state index in [4.69, 9.17) is 10.8 Å². The van der Waals surface area contributed by atoms with E-state index in [1.165, 1.54) is 6.42 Å². The minimum atomic E-state index is -0.320. The van der Waals surface area contributed by atoms with E-state index in [9.17, 15) is 0 Å². The van der Waals surface area contributed by atoms with Crippen molar-refractivity contribution in [2.24, 2.45) is 17.6 Å². The van der Waals surface area contributed by atoms with E-state index in [0.717, 1.165) is 5.92 Å². The van der Waals surface area contributed by atoms with Gasteiger partial charge in [-0.2, -0.15) is 0 Å². The molecular formula is C7H15NO. The average Bonchev–Trinajstić information content (AvgIpc) is 2.47. The highest BCUT2D eigenvalue weighted by molar-refractivity contribution is 4.99. The van der Waals surface area contributed by atoms with E-state index in [2.05, 4.69) is 6.92 Å². The van der Waals surface area contributed by atoms with Crippen LogP contribution in [0.1, 0.15) is 20.3 Å². The fraction of sp³-hybridized carbons (Fsp3) is 1.00. The molecule has 0 aliphatic heterocycles. The van der Waals surface area contributed by atoms with Crippen molar-refractivity contribution in [1.29, 1.82) is 0 Å². The number of aliphatic hydroxyl groups is 1. The van der Waals surface area contributed by atoms with Crippen LogP contribution in [0.5, 0.6) is 0 Å². The Morgan fingerprint density at radius 3 is 2.33 bits per heavy atom. The molecule has 3 N–H and O–H groups in total. The van der Waals surface area contributed by atoms with Gasteiger partial charge < -0.3 is 10.8 Å². The Morgan fingerprint density at radius 1 is 1.78 bits per heavy atom. The molecule has 0 bridgehead atoms. The fourth-order valence-electron chi connectivity index (χ4n) is 1.36. The molecule has 0 heterocycles. The van der Waals surface area contributed by atoms with Crippen LogP contribution in [0.25, 0.3) is 0 Å². The molecule has 0 aromatic rings. The highest BCUT2D eigenvalue weighted by atomic mass is 16.3. The van der Waals surface area contributed by atoms with Crippen molar-refractivity contribution in [3.8, 4) is 0 Å². The minimum Gasteiger partial charge on any atom is -0.394 e. The van der Waals surface area contributed by atoms with Gasteiger partial charge in [0.2, 0.25) is 0 Å². The zero-order valence-electron chi connectivity index (χ0n) is 6.09. The summed E-state index contributed by atoms with van der Waals surface area (Å²) >= 11 is 0. The quantitative estimate of drug-likeness (QED) is 0.565. The first kappa shape index (κ1) is 7.03. The van der Waals surface area contributed by atoms with Crippen molar-refractivity contribution >= 4 is 0 Å². The second-order valence-corrected chi connectivity index (χ2v) is 3.48. The molecule has 3 unspecified atom stereocenters. The van der Waals surface area contributed by atoms with Crippen LogP contribution in [0.3, 0.4) is 0 Å². The maximum absolute atomic E-state index is 8.80. The van der Waals surface area contributed by atoms with Crippen LogP contribution in [-0.2, 0) is 0 Å². The highest BCUT2D eigenvalue weighted by Crippen LogP contribution is 2.44. The van der Waals surface area contributed by atoms with Gasteiger partial charge in [0, 0.05) is 5.54 Å². The first-order valence-corrected chi connectivity index (χ1v) is 3.47. The van der Waals surface area contributed by atoms with Crippen LogP contribution in [0.4, 0.5) is 0 Å². The van der Waals surface area contributed by atoms with Gasteiger partial charge in [-0.15, -0.1) is 0 Å². The molecule has 2 heteroatoms. The summed E-state index contributed by atoms with van der Waals surface area (Å²) in [6.07, 6.45) is 1.19. The molecule has 1 saturated carbocycles. The van der Waals surface area contributed by atoms with Gasteiger partial charge in [-0.1, -0.05) is 6.92 Å². The monoisotopic (exact) mass is 129 g/mol. The molecule has 0 aromatic heterocycles. The predicted octanol–water partition coefficient (Wildman–Crippen LogP) is 0.352. The Hall–Kier alpha value is -0.0800. The lowest BCUT2D eigenvalue weighted by molar-refractivity contribution is 0.186. The number of hydrogen-bond donors (Lipinski definition) is 2. The smallest absolute Gasteiger partial charge is 0.0611 e. The maximum Gasteiger partial charge on any atom is 0.0611 e. The summed E-state index contributed by atoms with van der Waals surface area (Å²) in [5.74, 6) is 1.29. The predicted molar refractivity (Wildman–Crippen MR) is 36.9 cm³/mol. The third-order valence-electron chi connectivity index (χ3n) is 2.30. The fourth-order valence-corrected chi connectivity index (χ4v) is 1.36. The van der Waals surface area contributed by atoms with Crippen LogP contribution in [0, 0.1) is 11.8 Å². The largest absolute Gasteiger partial charge is 0.394 e. The highest BCUT2D eigenvalue weighted by Gasteiger charge is 2.44. The second kappa shape index (κ2) is 1.96. The summed E-state index contributed by atoms with van der Waals surface area (Å²) in [7, 11) is 0. The third kappa shape index (κ3) is 1.25. The Kier molecular flexibility index (Phi) is 1.53. The van der Waals surface area contributed by atoms with E-state index in [-0.39, 0.29) is 12.1 Å². The van der Waals surface area contributed by atoms with Crippen LogP contribution in [-0.4, -0.2) is 17.3 Å². The zero-order valence-corrected chi connectivity index (χ0v) is 6.09. The van der Waals surface area contributed by atoms with Crippen LogP contribution >= 0.6 is 0 Å². The van der Waals surface area contributed by atoms with Crippen molar-refractivity contribution in [1.82, 2.24) is 0 Å². The molecular weight excluding hydrogens is 114 g/mol. The molecule has 0 amide bonds. The first-order valence-electron chi connectivity index (χ1n) is 3.47. The number of nitrogens with two attached hydrogens (primary N) is 1. The van der Waals surface area contributed by atoms with Gasteiger partial charge in [-0.25, -0.2) is 0 Å².